The molecule has 2 rings (SSSR count). The van der Waals surface area contributed by atoms with Crippen molar-refractivity contribution in [1.82, 2.24) is 15.8 Å². The van der Waals surface area contributed by atoms with E-state index in [0.717, 1.165) is 31.3 Å². The first kappa shape index (κ1) is 16.8. The van der Waals surface area contributed by atoms with E-state index in [-0.39, 0.29) is 0 Å². The van der Waals surface area contributed by atoms with Crippen molar-refractivity contribution in [2.45, 2.75) is 58.1 Å². The minimum Gasteiger partial charge on any atom is -0.376 e. The Morgan fingerprint density at radius 2 is 2.14 bits per heavy atom. The molecule has 0 aliphatic heterocycles. The van der Waals surface area contributed by atoms with Crippen LogP contribution in [0, 0.1) is 0 Å². The number of ether oxygens (including phenoxy) is 1. The van der Waals surface area contributed by atoms with Crippen molar-refractivity contribution < 1.29 is 9.26 Å². The van der Waals surface area contributed by atoms with Gasteiger partial charge in [-0.1, -0.05) is 30.8 Å². The maximum Gasteiger partial charge on any atom is 0.191 e. The lowest BCUT2D eigenvalue weighted by atomic mass is 10.1. The van der Waals surface area contributed by atoms with Crippen LogP contribution in [0.5, 0.6) is 0 Å². The van der Waals surface area contributed by atoms with Gasteiger partial charge in [0, 0.05) is 19.2 Å². The average molecular weight is 308 g/mol. The second kappa shape index (κ2) is 10.2. The maximum absolute atomic E-state index is 5.97. The van der Waals surface area contributed by atoms with Gasteiger partial charge in [0.05, 0.1) is 19.3 Å². The first-order chi connectivity index (χ1) is 10.9. The van der Waals surface area contributed by atoms with Gasteiger partial charge in [0.25, 0.3) is 0 Å². The molecule has 1 fully saturated rings. The lowest BCUT2D eigenvalue weighted by Gasteiger charge is -2.16. The van der Waals surface area contributed by atoms with E-state index in [2.05, 4.69) is 27.7 Å². The summed E-state index contributed by atoms with van der Waals surface area (Å²) >= 11 is 0. The zero-order chi connectivity index (χ0) is 15.5. The van der Waals surface area contributed by atoms with Gasteiger partial charge >= 0.3 is 0 Å². The van der Waals surface area contributed by atoms with Gasteiger partial charge in [-0.15, -0.1) is 0 Å². The fourth-order valence-corrected chi connectivity index (χ4v) is 2.62. The monoisotopic (exact) mass is 308 g/mol. The Bertz CT molecular complexity index is 412. The van der Waals surface area contributed by atoms with Crippen LogP contribution in [0.2, 0.25) is 0 Å². The molecule has 0 amide bonds. The van der Waals surface area contributed by atoms with Crippen LogP contribution in [0.4, 0.5) is 0 Å². The first-order valence-corrected chi connectivity index (χ1v) is 8.41. The zero-order valence-electron chi connectivity index (χ0n) is 13.5. The third kappa shape index (κ3) is 6.47. The second-order valence-electron chi connectivity index (χ2n) is 5.60. The van der Waals surface area contributed by atoms with Crippen LogP contribution in [-0.4, -0.2) is 36.9 Å². The molecule has 0 bridgehead atoms. The molecule has 0 aromatic carbocycles. The summed E-state index contributed by atoms with van der Waals surface area (Å²) in [5, 5.41) is 10.4. The molecule has 2 N–H and O–H groups in total. The number of nitrogens with zero attached hydrogens (tertiary/aromatic N) is 2. The van der Waals surface area contributed by atoms with Gasteiger partial charge in [-0.2, -0.15) is 0 Å². The second-order valence-corrected chi connectivity index (χ2v) is 5.60. The van der Waals surface area contributed by atoms with Crippen LogP contribution in [0.25, 0.3) is 0 Å². The van der Waals surface area contributed by atoms with Gasteiger partial charge in [0.2, 0.25) is 0 Å². The molecule has 124 valence electrons. The Hall–Kier alpha value is -1.56. The van der Waals surface area contributed by atoms with Crippen molar-refractivity contribution in [3.63, 3.8) is 0 Å². The predicted octanol–water partition coefficient (Wildman–Crippen LogP) is 2.47. The SMILES string of the molecule is CCNC(=NCc1ccon1)NCCOC1CCCCCC1. The number of nitrogens with one attached hydrogen (secondary N) is 2. The normalized spacial score (nSPS) is 17.2. The number of aliphatic imine (C=N–C) groups is 1. The molecule has 0 radical (unpaired) electrons. The van der Waals surface area contributed by atoms with Crippen LogP contribution in [0.3, 0.4) is 0 Å². The Labute approximate surface area is 132 Å². The van der Waals surface area contributed by atoms with E-state index in [4.69, 9.17) is 9.26 Å². The molecule has 1 aliphatic rings. The summed E-state index contributed by atoms with van der Waals surface area (Å²) in [7, 11) is 0. The molecular weight excluding hydrogens is 280 g/mol. The highest BCUT2D eigenvalue weighted by atomic mass is 16.5. The summed E-state index contributed by atoms with van der Waals surface area (Å²) in [5.41, 5.74) is 0.826. The quantitative estimate of drug-likeness (QED) is 0.350. The molecule has 1 aromatic rings. The number of hydrogen-bond acceptors (Lipinski definition) is 4. The predicted molar refractivity (Wildman–Crippen MR) is 86.8 cm³/mol. The van der Waals surface area contributed by atoms with E-state index in [1.807, 2.05) is 6.07 Å². The zero-order valence-corrected chi connectivity index (χ0v) is 13.5. The van der Waals surface area contributed by atoms with Crippen molar-refractivity contribution in [3.05, 3.63) is 18.0 Å². The Balaban J connectivity index is 1.66. The topological polar surface area (TPSA) is 71.7 Å². The molecule has 6 heteroatoms. The largest absolute Gasteiger partial charge is 0.376 e. The summed E-state index contributed by atoms with van der Waals surface area (Å²) in [4.78, 5) is 4.47. The summed E-state index contributed by atoms with van der Waals surface area (Å²) < 4.78 is 10.8. The third-order valence-corrected chi connectivity index (χ3v) is 3.78. The Morgan fingerprint density at radius 3 is 2.82 bits per heavy atom. The van der Waals surface area contributed by atoms with Crippen molar-refractivity contribution >= 4 is 5.96 Å². The number of hydrogen-bond donors (Lipinski definition) is 2. The van der Waals surface area contributed by atoms with E-state index in [1.165, 1.54) is 38.5 Å². The standard InChI is InChI=1S/C16H28N4O2/c1-2-17-16(19-13-14-9-11-22-20-14)18-10-12-21-15-7-5-3-4-6-8-15/h9,11,15H,2-8,10,12-13H2,1H3,(H2,17,18,19). The van der Waals surface area contributed by atoms with Gasteiger partial charge in [-0.3, -0.25) is 0 Å². The molecular formula is C16H28N4O2. The smallest absolute Gasteiger partial charge is 0.191 e. The van der Waals surface area contributed by atoms with E-state index in [0.29, 0.717) is 12.6 Å². The van der Waals surface area contributed by atoms with Gasteiger partial charge in [-0.25, -0.2) is 4.99 Å². The van der Waals surface area contributed by atoms with E-state index < -0.39 is 0 Å². The molecule has 6 nitrogen and oxygen atoms in total. The molecule has 1 heterocycles. The van der Waals surface area contributed by atoms with Crippen LogP contribution >= 0.6 is 0 Å². The lowest BCUT2D eigenvalue weighted by molar-refractivity contribution is 0.0468. The van der Waals surface area contributed by atoms with Crippen molar-refractivity contribution in [2.24, 2.45) is 4.99 Å². The Kier molecular flexibility index (Phi) is 7.80. The van der Waals surface area contributed by atoms with Gasteiger partial charge in [0.1, 0.15) is 12.0 Å². The van der Waals surface area contributed by atoms with E-state index in [9.17, 15) is 0 Å². The van der Waals surface area contributed by atoms with Gasteiger partial charge in [-0.05, 0) is 19.8 Å². The first-order valence-electron chi connectivity index (χ1n) is 8.41. The molecule has 0 unspecified atom stereocenters. The molecule has 1 aliphatic carbocycles. The minimum atomic E-state index is 0.443. The molecule has 0 saturated heterocycles. The fraction of sp³-hybridized carbons (Fsp3) is 0.750. The van der Waals surface area contributed by atoms with Crippen LogP contribution in [-0.2, 0) is 11.3 Å². The summed E-state index contributed by atoms with van der Waals surface area (Å²) in [6, 6.07) is 1.82. The highest BCUT2D eigenvalue weighted by Gasteiger charge is 2.12. The molecule has 22 heavy (non-hydrogen) atoms. The molecule has 1 saturated carbocycles. The summed E-state index contributed by atoms with van der Waals surface area (Å²) in [6.07, 6.45) is 9.75. The lowest BCUT2D eigenvalue weighted by Crippen LogP contribution is -2.39. The van der Waals surface area contributed by atoms with Gasteiger partial charge in [0.15, 0.2) is 5.96 Å². The van der Waals surface area contributed by atoms with Crippen molar-refractivity contribution in [1.29, 1.82) is 0 Å². The van der Waals surface area contributed by atoms with Crippen LogP contribution < -0.4 is 10.6 Å². The molecule has 0 atom stereocenters. The van der Waals surface area contributed by atoms with Crippen molar-refractivity contribution in [2.75, 3.05) is 19.7 Å². The van der Waals surface area contributed by atoms with Crippen LogP contribution in [0.15, 0.2) is 21.8 Å². The number of rotatable bonds is 7. The molecule has 1 aromatic heterocycles. The van der Waals surface area contributed by atoms with Gasteiger partial charge < -0.3 is 19.9 Å². The summed E-state index contributed by atoms with van der Waals surface area (Å²) in [6.45, 7) is 4.87. The summed E-state index contributed by atoms with van der Waals surface area (Å²) in [5.74, 6) is 0.787. The Morgan fingerprint density at radius 1 is 1.32 bits per heavy atom. The molecule has 0 spiro atoms. The minimum absolute atomic E-state index is 0.443. The van der Waals surface area contributed by atoms with E-state index in [1.54, 1.807) is 6.26 Å². The highest BCUT2D eigenvalue weighted by Crippen LogP contribution is 2.19. The van der Waals surface area contributed by atoms with Crippen molar-refractivity contribution in [3.8, 4) is 0 Å². The van der Waals surface area contributed by atoms with Crippen LogP contribution in [0.1, 0.15) is 51.1 Å². The fourth-order valence-electron chi connectivity index (χ4n) is 2.62. The third-order valence-electron chi connectivity index (χ3n) is 3.78. The number of aromatic nitrogens is 1. The highest BCUT2D eigenvalue weighted by molar-refractivity contribution is 5.79. The van der Waals surface area contributed by atoms with E-state index >= 15 is 0 Å². The number of guanidine groups is 1. The average Bonchev–Trinajstić information content (AvgIpc) is 2.92. The maximum atomic E-state index is 5.97.